The van der Waals surface area contributed by atoms with Gasteiger partial charge in [-0.3, -0.25) is 0 Å². The monoisotopic (exact) mass is 562 g/mol. The molecule has 0 bridgehead atoms. The Hall–Kier alpha value is 0.451. The van der Waals surface area contributed by atoms with E-state index in [1.807, 2.05) is 0 Å². The summed E-state index contributed by atoms with van der Waals surface area (Å²) in [6.45, 7) is 37.0. The maximum absolute atomic E-state index is 9.58. The number of aliphatic hydroxyl groups excluding tert-OH is 1. The molecule has 1 saturated heterocycles. The SMILES string of the molecule is C[C@@H](C[C@@H](C[C@@H](C[C@@H]1O[C@@H]1CO)O[Si](C)(C)C(C)(C)C)O[Si](C)(C)C(C)(C)C)O[Si](C)(C)C(C)(C)C. The minimum atomic E-state index is -2.00. The lowest BCUT2D eigenvalue weighted by molar-refractivity contribution is 0.0522. The first-order chi connectivity index (χ1) is 15.8. The number of hydrogen-bond acceptors (Lipinski definition) is 5. The van der Waals surface area contributed by atoms with Crippen molar-refractivity contribution < 1.29 is 23.1 Å². The van der Waals surface area contributed by atoms with E-state index in [2.05, 4.69) is 109 Å². The quantitative estimate of drug-likeness (QED) is 0.181. The zero-order chi connectivity index (χ0) is 28.5. The zero-order valence-electron chi connectivity index (χ0n) is 26.8. The molecule has 0 amide bonds. The molecule has 0 aromatic carbocycles. The van der Waals surface area contributed by atoms with E-state index in [4.69, 9.17) is 18.0 Å². The molecule has 1 N–H and O–H groups in total. The maximum atomic E-state index is 9.58. The summed E-state index contributed by atoms with van der Waals surface area (Å²) in [6, 6.07) is 0. The van der Waals surface area contributed by atoms with Gasteiger partial charge in [-0.05, 0) is 74.2 Å². The van der Waals surface area contributed by atoms with Gasteiger partial charge in [0.25, 0.3) is 0 Å². The van der Waals surface area contributed by atoms with Gasteiger partial charge in [-0.1, -0.05) is 62.3 Å². The summed E-state index contributed by atoms with van der Waals surface area (Å²) in [5.74, 6) is 0. The van der Waals surface area contributed by atoms with Gasteiger partial charge in [0.05, 0.1) is 18.8 Å². The van der Waals surface area contributed by atoms with Crippen molar-refractivity contribution in [3.63, 3.8) is 0 Å². The lowest BCUT2D eigenvalue weighted by Gasteiger charge is -2.44. The molecule has 1 heterocycles. The molecule has 0 saturated carbocycles. The Bertz CT molecular complexity index is 689. The Morgan fingerprint density at radius 2 is 1.03 bits per heavy atom. The molecular weight excluding hydrogens is 501 g/mol. The van der Waals surface area contributed by atoms with Crippen LogP contribution < -0.4 is 0 Å². The third kappa shape index (κ3) is 9.88. The van der Waals surface area contributed by atoms with E-state index in [1.165, 1.54) is 0 Å². The summed E-state index contributed by atoms with van der Waals surface area (Å²) in [6.07, 6.45) is 2.78. The molecule has 5 nitrogen and oxygen atoms in total. The predicted octanol–water partition coefficient (Wildman–Crippen LogP) is 8.11. The summed E-state index contributed by atoms with van der Waals surface area (Å²) in [5, 5.41) is 10.0. The van der Waals surface area contributed by atoms with Gasteiger partial charge in [0.15, 0.2) is 25.0 Å². The topological polar surface area (TPSA) is 60.5 Å². The Kier molecular flexibility index (Phi) is 11.4. The minimum Gasteiger partial charge on any atom is -0.414 e. The van der Waals surface area contributed by atoms with Crippen LogP contribution in [-0.4, -0.2) is 67.2 Å². The van der Waals surface area contributed by atoms with Crippen LogP contribution in [-0.2, 0) is 18.0 Å². The van der Waals surface area contributed by atoms with Crippen LogP contribution in [0.1, 0.15) is 88.5 Å². The van der Waals surface area contributed by atoms with E-state index in [-0.39, 0.29) is 52.2 Å². The van der Waals surface area contributed by atoms with Crippen molar-refractivity contribution in [3.05, 3.63) is 0 Å². The summed E-state index contributed by atoms with van der Waals surface area (Å²) < 4.78 is 26.6. The summed E-state index contributed by atoms with van der Waals surface area (Å²) >= 11 is 0. The number of rotatable bonds is 13. The van der Waals surface area contributed by atoms with Crippen LogP contribution in [0.4, 0.5) is 0 Å². The largest absolute Gasteiger partial charge is 0.414 e. The number of ether oxygens (including phenoxy) is 1. The van der Waals surface area contributed by atoms with Gasteiger partial charge in [-0.25, -0.2) is 0 Å². The number of epoxide rings is 1. The van der Waals surface area contributed by atoms with Crippen LogP contribution in [0, 0.1) is 0 Å². The lowest BCUT2D eigenvalue weighted by Crippen LogP contribution is -2.49. The van der Waals surface area contributed by atoms with Crippen molar-refractivity contribution in [3.8, 4) is 0 Å². The molecule has 0 radical (unpaired) electrons. The second-order valence-corrected chi connectivity index (χ2v) is 30.1. The van der Waals surface area contributed by atoms with Gasteiger partial charge in [0, 0.05) is 18.6 Å². The van der Waals surface area contributed by atoms with Crippen LogP contribution in [0.15, 0.2) is 0 Å². The highest BCUT2D eigenvalue weighted by molar-refractivity contribution is 6.75. The Morgan fingerprint density at radius 3 is 1.39 bits per heavy atom. The highest BCUT2D eigenvalue weighted by Crippen LogP contribution is 2.43. The number of aliphatic hydroxyl groups is 1. The van der Waals surface area contributed by atoms with Crippen molar-refractivity contribution in [2.24, 2.45) is 0 Å². The summed E-state index contributed by atoms with van der Waals surface area (Å²) in [4.78, 5) is 0. The van der Waals surface area contributed by atoms with Crippen LogP contribution in [0.25, 0.3) is 0 Å². The molecule has 1 fully saturated rings. The Balaban J connectivity index is 3.20. The smallest absolute Gasteiger partial charge is 0.192 e. The minimum absolute atomic E-state index is 0.0438. The molecule has 8 heteroatoms. The fraction of sp³-hybridized carbons (Fsp3) is 1.00. The summed E-state index contributed by atoms with van der Waals surface area (Å²) in [7, 11) is -5.87. The second kappa shape index (κ2) is 11.9. The average molecular weight is 563 g/mol. The highest BCUT2D eigenvalue weighted by atomic mass is 28.4. The van der Waals surface area contributed by atoms with Gasteiger partial charge in [0.2, 0.25) is 0 Å². The molecule has 1 aliphatic heterocycles. The van der Waals surface area contributed by atoms with E-state index < -0.39 is 25.0 Å². The molecular formula is C28H62O5Si3. The van der Waals surface area contributed by atoms with Gasteiger partial charge in [-0.15, -0.1) is 0 Å². The molecule has 0 aromatic heterocycles. The third-order valence-corrected chi connectivity index (χ3v) is 23.0. The average Bonchev–Trinajstić information content (AvgIpc) is 3.35. The molecule has 0 unspecified atom stereocenters. The number of hydrogen-bond donors (Lipinski definition) is 1. The Morgan fingerprint density at radius 1 is 0.639 bits per heavy atom. The van der Waals surface area contributed by atoms with Crippen molar-refractivity contribution in [1.29, 1.82) is 0 Å². The van der Waals surface area contributed by atoms with Crippen molar-refractivity contribution in [2.45, 2.75) is 173 Å². The van der Waals surface area contributed by atoms with Crippen LogP contribution in [0.5, 0.6) is 0 Å². The summed E-state index contributed by atoms with van der Waals surface area (Å²) in [5.41, 5.74) is 0. The van der Waals surface area contributed by atoms with Gasteiger partial charge in [-0.2, -0.15) is 0 Å². The first-order valence-corrected chi connectivity index (χ1v) is 22.9. The molecule has 0 spiro atoms. The lowest BCUT2D eigenvalue weighted by atomic mass is 10.0. The fourth-order valence-electron chi connectivity index (χ4n) is 3.77. The van der Waals surface area contributed by atoms with Gasteiger partial charge < -0.3 is 23.1 Å². The van der Waals surface area contributed by atoms with Crippen LogP contribution in [0.3, 0.4) is 0 Å². The van der Waals surface area contributed by atoms with Crippen LogP contribution >= 0.6 is 0 Å². The molecule has 0 aliphatic carbocycles. The van der Waals surface area contributed by atoms with E-state index >= 15 is 0 Å². The molecule has 1 rings (SSSR count). The molecule has 36 heavy (non-hydrogen) atoms. The van der Waals surface area contributed by atoms with Gasteiger partial charge in [0.1, 0.15) is 6.10 Å². The fourth-order valence-corrected chi connectivity index (χ4v) is 7.98. The van der Waals surface area contributed by atoms with E-state index in [0.717, 1.165) is 19.3 Å². The zero-order valence-corrected chi connectivity index (χ0v) is 29.8. The third-order valence-electron chi connectivity index (χ3n) is 9.32. The van der Waals surface area contributed by atoms with Crippen LogP contribution in [0.2, 0.25) is 54.4 Å². The van der Waals surface area contributed by atoms with Gasteiger partial charge >= 0.3 is 0 Å². The predicted molar refractivity (Wildman–Crippen MR) is 161 cm³/mol. The van der Waals surface area contributed by atoms with E-state index in [0.29, 0.717) is 0 Å². The van der Waals surface area contributed by atoms with E-state index in [1.54, 1.807) is 0 Å². The molecule has 0 aromatic rings. The van der Waals surface area contributed by atoms with Crippen molar-refractivity contribution >= 4 is 25.0 Å². The Labute approximate surface area is 227 Å². The van der Waals surface area contributed by atoms with Crippen molar-refractivity contribution in [1.82, 2.24) is 0 Å². The molecule has 1 aliphatic rings. The standard InChI is InChI=1S/C28H62O5Si3/c1-21(31-34(11,12)26(2,3)4)17-22(32-35(13,14)27(5,6)7)18-23(19-24-25(20-29)30-24)33-36(15,16)28(8,9)10/h21-25,29H,17-20H2,1-16H3/t21-,22-,23-,24-,25+/m0/s1. The molecule has 5 atom stereocenters. The van der Waals surface area contributed by atoms with Crippen molar-refractivity contribution in [2.75, 3.05) is 6.61 Å². The normalized spacial score (nSPS) is 22.9. The van der Waals surface area contributed by atoms with E-state index in [9.17, 15) is 5.11 Å². The highest BCUT2D eigenvalue weighted by Gasteiger charge is 2.46. The maximum Gasteiger partial charge on any atom is 0.192 e. The first-order valence-electron chi connectivity index (χ1n) is 14.1. The second-order valence-electron chi connectivity index (χ2n) is 15.8. The molecule has 216 valence electrons. The first kappa shape index (κ1) is 34.5.